The van der Waals surface area contributed by atoms with Crippen LogP contribution in [-0.2, 0) is 0 Å². The number of ether oxygens (including phenoxy) is 1. The average Bonchev–Trinajstić information content (AvgIpc) is 2.31. The minimum atomic E-state index is 0.624. The topological polar surface area (TPSA) is 22.1 Å². The van der Waals surface area contributed by atoms with Crippen LogP contribution in [0.15, 0.2) is 53.6 Å². The molecule has 1 aromatic heterocycles. The van der Waals surface area contributed by atoms with Gasteiger partial charge < -0.3 is 4.74 Å². The van der Waals surface area contributed by atoms with Crippen molar-refractivity contribution in [1.29, 1.82) is 0 Å². The second-order valence-electron chi connectivity index (χ2n) is 2.92. The van der Waals surface area contributed by atoms with Crippen molar-refractivity contribution in [3.63, 3.8) is 0 Å². The van der Waals surface area contributed by atoms with E-state index in [1.807, 2.05) is 48.7 Å². The lowest BCUT2D eigenvalue weighted by molar-refractivity contribution is 0.452. The van der Waals surface area contributed by atoms with E-state index in [1.165, 1.54) is 0 Å². The van der Waals surface area contributed by atoms with E-state index in [9.17, 15) is 0 Å². The Bertz CT molecular complexity index is 431. The summed E-state index contributed by atoms with van der Waals surface area (Å²) in [7, 11) is 0. The maximum absolute atomic E-state index is 5.67. The molecule has 76 valence electrons. The van der Waals surface area contributed by atoms with E-state index in [-0.39, 0.29) is 0 Å². The molecule has 0 spiro atoms. The van der Waals surface area contributed by atoms with Gasteiger partial charge in [0.1, 0.15) is 5.75 Å². The third-order valence-corrected chi connectivity index (χ3v) is 2.70. The molecule has 0 N–H and O–H groups in total. The van der Waals surface area contributed by atoms with Crippen molar-refractivity contribution in [2.45, 2.75) is 4.90 Å². The highest BCUT2D eigenvalue weighted by molar-refractivity contribution is 7.98. The van der Waals surface area contributed by atoms with Crippen LogP contribution in [0.4, 0.5) is 0 Å². The number of hydrogen-bond acceptors (Lipinski definition) is 3. The maximum atomic E-state index is 5.67. The van der Waals surface area contributed by atoms with Gasteiger partial charge in [0.15, 0.2) is 0 Å². The minimum Gasteiger partial charge on any atom is -0.438 e. The number of para-hydroxylation sites is 1. The van der Waals surface area contributed by atoms with Crippen molar-refractivity contribution in [2.75, 3.05) is 6.26 Å². The molecule has 2 rings (SSSR count). The second kappa shape index (κ2) is 4.84. The van der Waals surface area contributed by atoms with Gasteiger partial charge in [-0.3, -0.25) is 0 Å². The van der Waals surface area contributed by atoms with Gasteiger partial charge in [-0.1, -0.05) is 18.2 Å². The van der Waals surface area contributed by atoms with Crippen LogP contribution >= 0.6 is 11.8 Å². The molecule has 3 heteroatoms. The fraction of sp³-hybridized carbons (Fsp3) is 0.0833. The molecule has 1 aromatic carbocycles. The third kappa shape index (κ3) is 2.50. The molecule has 15 heavy (non-hydrogen) atoms. The molecular formula is C12H11NOS. The number of benzene rings is 1. The van der Waals surface area contributed by atoms with E-state index >= 15 is 0 Å². The van der Waals surface area contributed by atoms with Crippen molar-refractivity contribution in [1.82, 2.24) is 4.98 Å². The van der Waals surface area contributed by atoms with Gasteiger partial charge in [0, 0.05) is 17.2 Å². The van der Waals surface area contributed by atoms with E-state index in [0.717, 1.165) is 10.6 Å². The summed E-state index contributed by atoms with van der Waals surface area (Å²) in [6, 6.07) is 13.5. The fourth-order valence-electron chi connectivity index (χ4n) is 1.22. The van der Waals surface area contributed by atoms with Crippen LogP contribution in [0.5, 0.6) is 11.6 Å². The molecule has 2 nitrogen and oxygen atoms in total. The number of aromatic nitrogens is 1. The quantitative estimate of drug-likeness (QED) is 0.733. The first-order valence-electron chi connectivity index (χ1n) is 4.62. The summed E-state index contributed by atoms with van der Waals surface area (Å²) in [4.78, 5) is 5.23. The Hall–Kier alpha value is -1.48. The first-order valence-corrected chi connectivity index (χ1v) is 5.84. The van der Waals surface area contributed by atoms with Crippen molar-refractivity contribution in [3.8, 4) is 11.6 Å². The molecule has 0 amide bonds. The van der Waals surface area contributed by atoms with E-state index in [0.29, 0.717) is 5.88 Å². The second-order valence-corrected chi connectivity index (χ2v) is 3.77. The predicted molar refractivity (Wildman–Crippen MR) is 62.5 cm³/mol. The Balaban J connectivity index is 2.24. The summed E-state index contributed by atoms with van der Waals surface area (Å²) < 4.78 is 5.67. The number of nitrogens with zero attached hydrogens (tertiary/aromatic N) is 1. The molecule has 2 aromatic rings. The number of hydrogen-bond donors (Lipinski definition) is 0. The van der Waals surface area contributed by atoms with Gasteiger partial charge in [0.2, 0.25) is 5.88 Å². The molecule has 0 saturated carbocycles. The molecule has 0 unspecified atom stereocenters. The molecule has 0 aliphatic heterocycles. The molecular weight excluding hydrogens is 206 g/mol. The SMILES string of the molecule is CSc1ccccc1Oc1ccccn1. The Morgan fingerprint density at radius 3 is 2.60 bits per heavy atom. The highest BCUT2D eigenvalue weighted by Gasteiger charge is 2.02. The first kappa shape index (κ1) is 10.1. The summed E-state index contributed by atoms with van der Waals surface area (Å²) in [5, 5.41) is 0. The molecule has 0 saturated heterocycles. The van der Waals surface area contributed by atoms with E-state index < -0.39 is 0 Å². The van der Waals surface area contributed by atoms with Gasteiger partial charge >= 0.3 is 0 Å². The van der Waals surface area contributed by atoms with Gasteiger partial charge in [-0.25, -0.2) is 4.98 Å². The Morgan fingerprint density at radius 2 is 1.87 bits per heavy atom. The summed E-state index contributed by atoms with van der Waals surface area (Å²) in [6.07, 6.45) is 3.75. The predicted octanol–water partition coefficient (Wildman–Crippen LogP) is 3.60. The number of rotatable bonds is 3. The number of thioether (sulfide) groups is 1. The fourth-order valence-corrected chi connectivity index (χ4v) is 1.75. The van der Waals surface area contributed by atoms with Gasteiger partial charge in [-0.05, 0) is 24.5 Å². The van der Waals surface area contributed by atoms with Gasteiger partial charge in [0.05, 0.1) is 0 Å². The van der Waals surface area contributed by atoms with Crippen LogP contribution in [-0.4, -0.2) is 11.2 Å². The van der Waals surface area contributed by atoms with Crippen LogP contribution < -0.4 is 4.74 Å². The monoisotopic (exact) mass is 217 g/mol. The maximum Gasteiger partial charge on any atom is 0.219 e. The minimum absolute atomic E-state index is 0.624. The molecule has 0 aliphatic carbocycles. The average molecular weight is 217 g/mol. The van der Waals surface area contributed by atoms with Crippen LogP contribution in [0, 0.1) is 0 Å². The molecule has 0 fully saturated rings. The zero-order chi connectivity index (χ0) is 10.5. The van der Waals surface area contributed by atoms with Crippen molar-refractivity contribution in [3.05, 3.63) is 48.7 Å². The number of pyridine rings is 1. The normalized spacial score (nSPS) is 9.93. The zero-order valence-electron chi connectivity index (χ0n) is 8.38. The molecule has 0 radical (unpaired) electrons. The van der Waals surface area contributed by atoms with Crippen LogP contribution in [0.25, 0.3) is 0 Å². The molecule has 1 heterocycles. The van der Waals surface area contributed by atoms with Crippen LogP contribution in [0.1, 0.15) is 0 Å². The lowest BCUT2D eigenvalue weighted by atomic mass is 10.3. The summed E-state index contributed by atoms with van der Waals surface area (Å²) >= 11 is 1.66. The first-order chi connectivity index (χ1) is 7.40. The molecule has 0 aliphatic rings. The summed E-state index contributed by atoms with van der Waals surface area (Å²) in [5.74, 6) is 1.47. The van der Waals surface area contributed by atoms with Crippen molar-refractivity contribution in [2.24, 2.45) is 0 Å². The molecule has 0 atom stereocenters. The highest BCUT2D eigenvalue weighted by atomic mass is 32.2. The Labute approximate surface area is 93.3 Å². The summed E-state index contributed by atoms with van der Waals surface area (Å²) in [5.41, 5.74) is 0. The highest BCUT2D eigenvalue weighted by Crippen LogP contribution is 2.29. The van der Waals surface area contributed by atoms with Gasteiger partial charge in [0.25, 0.3) is 0 Å². The van der Waals surface area contributed by atoms with Crippen molar-refractivity contribution < 1.29 is 4.74 Å². The Morgan fingerprint density at radius 1 is 1.07 bits per heavy atom. The van der Waals surface area contributed by atoms with Gasteiger partial charge in [-0.15, -0.1) is 11.8 Å². The largest absolute Gasteiger partial charge is 0.438 e. The van der Waals surface area contributed by atoms with Crippen molar-refractivity contribution >= 4 is 11.8 Å². The van der Waals surface area contributed by atoms with Gasteiger partial charge in [-0.2, -0.15) is 0 Å². The van der Waals surface area contributed by atoms with Crippen LogP contribution in [0.3, 0.4) is 0 Å². The zero-order valence-corrected chi connectivity index (χ0v) is 9.20. The summed E-state index contributed by atoms with van der Waals surface area (Å²) in [6.45, 7) is 0. The van der Waals surface area contributed by atoms with E-state index in [1.54, 1.807) is 18.0 Å². The third-order valence-electron chi connectivity index (χ3n) is 1.92. The van der Waals surface area contributed by atoms with Crippen LogP contribution in [0.2, 0.25) is 0 Å². The Kier molecular flexibility index (Phi) is 3.25. The lowest BCUT2D eigenvalue weighted by Crippen LogP contribution is -1.88. The lowest BCUT2D eigenvalue weighted by Gasteiger charge is -2.07. The molecule has 0 bridgehead atoms. The standard InChI is InChI=1S/C12H11NOS/c1-15-11-7-3-2-6-10(11)14-12-8-4-5-9-13-12/h2-9H,1H3. The smallest absolute Gasteiger partial charge is 0.219 e. The van der Waals surface area contributed by atoms with E-state index in [2.05, 4.69) is 4.98 Å². The van der Waals surface area contributed by atoms with E-state index in [4.69, 9.17) is 4.74 Å².